The van der Waals surface area contributed by atoms with E-state index in [1.165, 1.54) is 0 Å². The first-order chi connectivity index (χ1) is 68.8. The maximum Gasteiger partial charge on any atom is 0.258 e. The molecule has 23 heterocycles. The summed E-state index contributed by atoms with van der Waals surface area (Å²) >= 11 is 0. The molecule has 35 nitrogen and oxygen atoms in total. The Balaban J connectivity index is 0.000000109. The molecule has 5 aliphatic heterocycles. The normalized spacial score (nSPS) is 17.0. The number of nitrogens with one attached hydrogen (secondary N) is 4. The number of aromatic nitrogens is 18. The molecule has 24 rings (SSSR count). The summed E-state index contributed by atoms with van der Waals surface area (Å²) in [7, 11) is 3.74. The topological polar surface area (TPSA) is 327 Å². The number of benzene rings is 1. The molecule has 5 saturated heterocycles. The van der Waals surface area contributed by atoms with Crippen LogP contribution in [0.3, 0.4) is 0 Å². The lowest BCUT2D eigenvalue weighted by Gasteiger charge is -2.37. The molecule has 18 aromatic heterocycles. The maximum absolute atomic E-state index is 12.9. The number of anilines is 5. The van der Waals surface area contributed by atoms with Gasteiger partial charge in [-0.25, -0.2) is 44.9 Å². The van der Waals surface area contributed by atoms with Crippen LogP contribution >= 0.6 is 0 Å². The van der Waals surface area contributed by atoms with Crippen LogP contribution in [-0.2, 0) is 0 Å². The summed E-state index contributed by atoms with van der Waals surface area (Å²) < 4.78 is 27.0. The number of rotatable bonds is 13. The standard InChI is InChI=1S/C22H24N6O.C22H26N4O3.3C21H22N6O/c1-14-9-26(10-15(2)23-14)18-5-7-21-25-19(8-22(29)28(21)13-18)17-4-6-20-24-16(3)11-27(20)12-17;1-4-29-20-11-16(5-7-19(20)28-3)18-12-22(27)26-14-17(6-8-21(26)24-18)25-10-9-23-15(2)13-25;1-15-12-26-13-16(3-5-19(26)22-15)18-11-21(28)27-14-17(4-6-20(27)23-18)25-9-7-24(2)8-10-25;1-14-10-25(8-7-22-14)17-4-6-20-24-18(9-21(28)27(20)13-17)16-3-5-19-23-15(2)11-26(19)12-16;1-15-12-26-13-16(3-5-19(26)23-15)18-11-21(28)27-14-17(4-6-20(27)24-18)25-9-2-7-22-8-10-25/h4-8,11-15,23H,9-10H2,1-3H3;5-8,11-12,14-15,23H,4,9-10,13H2,1-3H3;3-6,11-14H,7-10H2,1-2H3;3-6,9,11-14,22H,7-8,10H2,1-2H3;3-6,11-14,22H,2,7-10H2,1H3/t14-,15+;15-;;14-;/m.0.0./s1. The van der Waals surface area contributed by atoms with Gasteiger partial charge in [0.2, 0.25) is 0 Å². The van der Waals surface area contributed by atoms with Crippen molar-refractivity contribution in [2.75, 3.05) is 150 Å². The Hall–Kier alpha value is -15.8. The predicted molar refractivity (Wildman–Crippen MR) is 559 cm³/mol. The predicted octanol–water partition coefficient (Wildman–Crippen LogP) is 11.4. The summed E-state index contributed by atoms with van der Waals surface area (Å²) in [4.78, 5) is 119. The molecule has 0 aliphatic carbocycles. The van der Waals surface area contributed by atoms with Crippen molar-refractivity contribution in [1.29, 1.82) is 0 Å². The van der Waals surface area contributed by atoms with Crippen LogP contribution in [0, 0.1) is 27.7 Å². The second-order valence-corrected chi connectivity index (χ2v) is 37.4. The van der Waals surface area contributed by atoms with Crippen LogP contribution in [0.25, 0.3) is 107 Å². The Morgan fingerprint density at radius 1 is 0.303 bits per heavy atom. The van der Waals surface area contributed by atoms with Crippen molar-refractivity contribution in [2.45, 2.75) is 92.9 Å². The van der Waals surface area contributed by atoms with Crippen molar-refractivity contribution < 1.29 is 9.47 Å². The van der Waals surface area contributed by atoms with Crippen LogP contribution in [0.2, 0.25) is 0 Å². The molecular formula is C107H116N28O7. The van der Waals surface area contributed by atoms with Gasteiger partial charge < -0.3 is 77.7 Å². The molecule has 0 spiro atoms. The highest BCUT2D eigenvalue weighted by atomic mass is 16.5. The van der Waals surface area contributed by atoms with Gasteiger partial charge in [0.1, 0.15) is 50.8 Å². The van der Waals surface area contributed by atoms with Crippen molar-refractivity contribution in [3.63, 3.8) is 0 Å². The number of fused-ring (bicyclic) bond motifs is 9. The molecule has 0 radical (unpaired) electrons. The highest BCUT2D eigenvalue weighted by Gasteiger charge is 2.26. The number of ether oxygens (including phenoxy) is 2. The van der Waals surface area contributed by atoms with Gasteiger partial charge >= 0.3 is 0 Å². The zero-order valence-electron chi connectivity index (χ0n) is 81.6. The van der Waals surface area contributed by atoms with E-state index in [4.69, 9.17) is 34.4 Å². The van der Waals surface area contributed by atoms with Crippen molar-refractivity contribution in [1.82, 2.24) is 111 Å². The molecule has 19 aromatic rings. The van der Waals surface area contributed by atoms with E-state index < -0.39 is 0 Å². The van der Waals surface area contributed by atoms with Crippen molar-refractivity contribution in [2.24, 2.45) is 0 Å². The summed E-state index contributed by atoms with van der Waals surface area (Å²) in [6, 6.07) is 50.7. The third-order valence-electron chi connectivity index (χ3n) is 26.4. The van der Waals surface area contributed by atoms with Gasteiger partial charge in [-0.05, 0) is 210 Å². The minimum absolute atomic E-state index is 0.0714. The number of aryl methyl sites for hydroxylation is 4. The Morgan fingerprint density at radius 3 is 0.958 bits per heavy atom. The third kappa shape index (κ3) is 20.6. The zero-order chi connectivity index (χ0) is 98.1. The number of nitrogens with zero attached hydrogens (tertiary/aromatic N) is 24. The monoisotopic (exact) mass is 1900 g/mol. The molecule has 4 atom stereocenters. The summed E-state index contributed by atoms with van der Waals surface area (Å²) in [6.07, 6.45) is 26.3. The fraction of sp³-hybridized carbons (Fsp3) is 0.308. The van der Waals surface area contributed by atoms with Gasteiger partial charge in [0, 0.05) is 261 Å². The molecule has 4 N–H and O–H groups in total. The molecule has 0 unspecified atom stereocenters. The number of piperazine rings is 4. The van der Waals surface area contributed by atoms with Gasteiger partial charge in [0.25, 0.3) is 27.8 Å². The Morgan fingerprint density at radius 2 is 0.613 bits per heavy atom. The Bertz CT molecular complexity index is 8080. The molecular weight excluding hydrogens is 1790 g/mol. The SMILES string of the molecule is CCOc1cc(-c2cc(=O)n3cc(N4CCN[C@@H](C)C4)ccc3n2)ccc1OC.Cc1cn2cc(-c3cc(=O)n4cc(N5CCCNCC5)ccc4n3)ccc2n1.Cc1cn2cc(-c3cc(=O)n4cc(N5CCN(C)CC5)ccc4n3)ccc2n1.Cc1cn2cc(-c3cc(=O)n4cc(N5CCN[C@@H](C)C5)ccc4n3)ccc2n1.Cc1cn2cc(-c3cc(=O)n4cc(N5C[C@@H](C)N[C@@H](C)C5)ccc4n3)ccc2n1. The number of hydrogen-bond acceptors (Lipinski definition) is 26. The molecule has 0 saturated carbocycles. The number of likely N-dealkylation sites (N-methyl/N-ethyl adjacent to an activating group) is 1. The van der Waals surface area contributed by atoms with Gasteiger partial charge in [-0.3, -0.25) is 46.0 Å². The first kappa shape index (κ1) is 93.8. The quantitative estimate of drug-likeness (QED) is 0.0833. The fourth-order valence-corrected chi connectivity index (χ4v) is 19.4. The summed E-state index contributed by atoms with van der Waals surface area (Å²) in [5.41, 5.74) is 23.1. The van der Waals surface area contributed by atoms with Gasteiger partial charge in [-0.2, -0.15) is 0 Å². The highest BCUT2D eigenvalue weighted by molar-refractivity contribution is 5.71. The smallest absolute Gasteiger partial charge is 0.258 e. The summed E-state index contributed by atoms with van der Waals surface area (Å²) in [5, 5.41) is 13.8. The maximum atomic E-state index is 12.9. The Kier molecular flexibility index (Phi) is 26.8. The van der Waals surface area contributed by atoms with E-state index in [0.29, 0.717) is 99.0 Å². The molecule has 142 heavy (non-hydrogen) atoms. The van der Waals surface area contributed by atoms with Crippen molar-refractivity contribution in [3.8, 4) is 67.8 Å². The molecule has 35 heteroatoms. The van der Waals surface area contributed by atoms with Crippen molar-refractivity contribution >= 4 is 79.3 Å². The lowest BCUT2D eigenvalue weighted by atomic mass is 10.1. The van der Waals surface area contributed by atoms with Crippen molar-refractivity contribution in [3.05, 3.63) is 313 Å². The molecule has 1 aromatic carbocycles. The summed E-state index contributed by atoms with van der Waals surface area (Å²) in [5.74, 6) is 1.29. The molecule has 0 bridgehead atoms. The van der Waals surface area contributed by atoms with Crippen LogP contribution in [0.4, 0.5) is 28.4 Å². The molecule has 726 valence electrons. The number of pyridine rings is 9. The van der Waals surface area contributed by atoms with E-state index in [2.05, 4.69) is 124 Å². The van der Waals surface area contributed by atoms with Crippen LogP contribution in [0.5, 0.6) is 11.5 Å². The third-order valence-corrected chi connectivity index (χ3v) is 26.4. The average molecular weight is 1910 g/mol. The van der Waals surface area contributed by atoms with Gasteiger partial charge in [-0.1, -0.05) is 0 Å². The average Bonchev–Trinajstić information content (AvgIpc) is 1.42. The zero-order valence-corrected chi connectivity index (χ0v) is 81.6. The van der Waals surface area contributed by atoms with Crippen LogP contribution in [-0.4, -0.2) is 239 Å². The van der Waals surface area contributed by atoms with E-state index in [1.54, 1.807) is 59.4 Å². The number of hydrogen-bond donors (Lipinski definition) is 4. The van der Waals surface area contributed by atoms with E-state index in [-0.39, 0.29) is 27.8 Å². The van der Waals surface area contributed by atoms with E-state index in [0.717, 1.165) is 213 Å². The second kappa shape index (κ2) is 40.6. The highest BCUT2D eigenvalue weighted by Crippen LogP contribution is 2.34. The number of methoxy groups -OCH3 is 1. The van der Waals surface area contributed by atoms with Gasteiger partial charge in [-0.15, -0.1) is 0 Å². The number of imidazole rings is 4. The second-order valence-electron chi connectivity index (χ2n) is 37.4. The fourth-order valence-electron chi connectivity index (χ4n) is 19.4. The molecule has 5 fully saturated rings. The van der Waals surface area contributed by atoms with Crippen LogP contribution < -0.4 is 83.0 Å². The van der Waals surface area contributed by atoms with E-state index in [9.17, 15) is 24.0 Å². The molecule has 0 amide bonds. The van der Waals surface area contributed by atoms with Gasteiger partial charge in [0.15, 0.2) is 11.5 Å². The van der Waals surface area contributed by atoms with Gasteiger partial charge in [0.05, 0.1) is 93.4 Å². The summed E-state index contributed by atoms with van der Waals surface area (Å²) in [6.45, 7) is 34.3. The first-order valence-corrected chi connectivity index (χ1v) is 48.5. The minimum atomic E-state index is -0.108. The lowest BCUT2D eigenvalue weighted by molar-refractivity contribution is 0.311. The van der Waals surface area contributed by atoms with Crippen LogP contribution in [0.1, 0.15) is 63.8 Å². The minimum Gasteiger partial charge on any atom is -0.493 e. The van der Waals surface area contributed by atoms with E-state index >= 15 is 0 Å². The van der Waals surface area contributed by atoms with E-state index in [1.807, 2.05) is 242 Å². The molecule has 5 aliphatic rings. The Labute approximate surface area is 818 Å². The van der Waals surface area contributed by atoms with Crippen LogP contribution in [0.15, 0.2) is 262 Å². The largest absolute Gasteiger partial charge is 0.493 e. The lowest BCUT2D eigenvalue weighted by Crippen LogP contribution is -2.54. The first-order valence-electron chi connectivity index (χ1n) is 48.5.